The molecule has 2 N–H and O–H groups in total. The monoisotopic (exact) mass is 212 g/mol. The predicted molar refractivity (Wildman–Crippen MR) is 54.4 cm³/mol. The molecule has 0 spiro atoms. The predicted octanol–water partition coefficient (Wildman–Crippen LogP) is 0.121. The smallest absolute Gasteiger partial charge is 0.320 e. The minimum Gasteiger partial charge on any atom is -0.480 e. The molecule has 1 aromatic rings. The van der Waals surface area contributed by atoms with Crippen LogP contribution in [0.5, 0.6) is 0 Å². The van der Waals surface area contributed by atoms with Crippen molar-refractivity contribution in [2.45, 2.75) is 32.4 Å². The highest BCUT2D eigenvalue weighted by molar-refractivity contribution is 5.73. The minimum absolute atomic E-state index is 0.505. The van der Waals surface area contributed by atoms with Crippen molar-refractivity contribution in [3.8, 4) is 0 Å². The van der Waals surface area contributed by atoms with Crippen molar-refractivity contribution >= 4 is 5.97 Å². The summed E-state index contributed by atoms with van der Waals surface area (Å²) in [6.07, 6.45) is 4.46. The van der Waals surface area contributed by atoms with Gasteiger partial charge in [-0.15, -0.1) is 0 Å². The van der Waals surface area contributed by atoms with Crippen LogP contribution in [0.4, 0.5) is 0 Å². The Labute approximate surface area is 88.3 Å². The lowest BCUT2D eigenvalue weighted by Gasteiger charge is -2.13. The Morgan fingerprint density at radius 1 is 1.67 bits per heavy atom. The molecule has 6 nitrogen and oxygen atoms in total. The largest absolute Gasteiger partial charge is 0.480 e. The van der Waals surface area contributed by atoms with Gasteiger partial charge in [0.15, 0.2) is 0 Å². The van der Waals surface area contributed by atoms with E-state index in [-0.39, 0.29) is 0 Å². The van der Waals surface area contributed by atoms with E-state index in [0.29, 0.717) is 19.5 Å². The van der Waals surface area contributed by atoms with Gasteiger partial charge < -0.3 is 10.4 Å². The molecular weight excluding hydrogens is 196 g/mol. The molecule has 6 heteroatoms. The van der Waals surface area contributed by atoms with E-state index < -0.39 is 12.0 Å². The molecule has 0 aromatic carbocycles. The number of nitrogens with one attached hydrogen (secondary N) is 1. The molecule has 15 heavy (non-hydrogen) atoms. The number of nitrogens with zero attached hydrogens (tertiary/aromatic N) is 3. The Balaban J connectivity index is 2.34. The summed E-state index contributed by atoms with van der Waals surface area (Å²) in [6, 6.07) is -0.505. The number of hydrogen-bond donors (Lipinski definition) is 2. The summed E-state index contributed by atoms with van der Waals surface area (Å²) in [6.45, 7) is 3.28. The lowest BCUT2D eigenvalue weighted by molar-refractivity contribution is -0.139. The zero-order valence-corrected chi connectivity index (χ0v) is 8.76. The van der Waals surface area contributed by atoms with Gasteiger partial charge in [-0.3, -0.25) is 9.48 Å². The van der Waals surface area contributed by atoms with Gasteiger partial charge in [-0.1, -0.05) is 6.92 Å². The van der Waals surface area contributed by atoms with Crippen LogP contribution in [-0.4, -0.2) is 38.4 Å². The minimum atomic E-state index is -0.816. The third-order valence-electron chi connectivity index (χ3n) is 2.05. The fraction of sp³-hybridized carbons (Fsp3) is 0.667. The first-order valence-electron chi connectivity index (χ1n) is 5.02. The first-order valence-corrected chi connectivity index (χ1v) is 5.02. The van der Waals surface area contributed by atoms with Gasteiger partial charge in [0, 0.05) is 6.54 Å². The van der Waals surface area contributed by atoms with Gasteiger partial charge in [-0.25, -0.2) is 4.98 Å². The van der Waals surface area contributed by atoms with Crippen LogP contribution in [0.1, 0.15) is 19.8 Å². The lowest BCUT2D eigenvalue weighted by atomic mass is 10.2. The molecule has 0 bridgehead atoms. The fourth-order valence-electron chi connectivity index (χ4n) is 1.24. The van der Waals surface area contributed by atoms with Crippen molar-refractivity contribution in [2.75, 3.05) is 6.54 Å². The van der Waals surface area contributed by atoms with Crippen LogP contribution in [0, 0.1) is 0 Å². The Morgan fingerprint density at radius 2 is 2.47 bits per heavy atom. The van der Waals surface area contributed by atoms with E-state index in [2.05, 4.69) is 15.4 Å². The van der Waals surface area contributed by atoms with Gasteiger partial charge >= 0.3 is 5.97 Å². The number of carboxylic acid groups (broad SMARTS) is 1. The number of carboxylic acids is 1. The van der Waals surface area contributed by atoms with Gasteiger partial charge in [0.05, 0.1) is 0 Å². The summed E-state index contributed by atoms with van der Waals surface area (Å²) in [4.78, 5) is 14.6. The topological polar surface area (TPSA) is 80.0 Å². The molecular formula is C9H16N4O2. The number of aromatic nitrogens is 3. The molecule has 1 rings (SSSR count). The molecule has 1 aromatic heterocycles. The van der Waals surface area contributed by atoms with Crippen LogP contribution >= 0.6 is 0 Å². The molecule has 0 radical (unpaired) electrons. The van der Waals surface area contributed by atoms with Crippen LogP contribution in [0.3, 0.4) is 0 Å². The second-order valence-corrected chi connectivity index (χ2v) is 3.29. The maximum atomic E-state index is 10.9. The van der Waals surface area contributed by atoms with Gasteiger partial charge in [-0.2, -0.15) is 5.10 Å². The van der Waals surface area contributed by atoms with Gasteiger partial charge in [0.1, 0.15) is 18.7 Å². The van der Waals surface area contributed by atoms with Crippen molar-refractivity contribution < 1.29 is 9.90 Å². The average Bonchev–Trinajstić information content (AvgIpc) is 2.70. The quantitative estimate of drug-likeness (QED) is 0.671. The van der Waals surface area contributed by atoms with Gasteiger partial charge in [-0.05, 0) is 19.4 Å². The van der Waals surface area contributed by atoms with E-state index in [4.69, 9.17) is 5.11 Å². The van der Waals surface area contributed by atoms with E-state index >= 15 is 0 Å². The Morgan fingerprint density at radius 3 is 3.00 bits per heavy atom. The summed E-state index contributed by atoms with van der Waals surface area (Å²) in [5.41, 5.74) is 0. The maximum Gasteiger partial charge on any atom is 0.320 e. The summed E-state index contributed by atoms with van der Waals surface area (Å²) in [7, 11) is 0. The molecule has 84 valence electrons. The van der Waals surface area contributed by atoms with E-state index in [9.17, 15) is 4.79 Å². The number of carbonyl (C=O) groups is 1. The Hall–Kier alpha value is -1.43. The summed E-state index contributed by atoms with van der Waals surface area (Å²) in [5.74, 6) is -0.816. The summed E-state index contributed by atoms with van der Waals surface area (Å²) < 4.78 is 1.63. The van der Waals surface area contributed by atoms with E-state index in [1.165, 1.54) is 6.33 Å². The van der Waals surface area contributed by atoms with E-state index in [0.717, 1.165) is 6.42 Å². The molecule has 0 amide bonds. The maximum absolute atomic E-state index is 10.9. The average molecular weight is 212 g/mol. The van der Waals surface area contributed by atoms with E-state index in [1.54, 1.807) is 11.0 Å². The van der Waals surface area contributed by atoms with Crippen molar-refractivity contribution in [1.82, 2.24) is 20.1 Å². The molecule has 1 heterocycles. The number of aryl methyl sites for hydroxylation is 1. The highest BCUT2D eigenvalue weighted by atomic mass is 16.4. The third-order valence-corrected chi connectivity index (χ3v) is 2.05. The first kappa shape index (κ1) is 11.6. The van der Waals surface area contributed by atoms with Crippen LogP contribution in [-0.2, 0) is 11.3 Å². The molecule has 0 aliphatic carbocycles. The Kier molecular flexibility index (Phi) is 4.76. The Bertz CT molecular complexity index is 286. The lowest BCUT2D eigenvalue weighted by Crippen LogP contribution is -2.37. The number of rotatable bonds is 7. The number of hydrogen-bond acceptors (Lipinski definition) is 4. The van der Waals surface area contributed by atoms with Crippen LogP contribution in [0.25, 0.3) is 0 Å². The van der Waals surface area contributed by atoms with Gasteiger partial charge in [0.2, 0.25) is 0 Å². The van der Waals surface area contributed by atoms with Crippen LogP contribution in [0.15, 0.2) is 12.7 Å². The van der Waals surface area contributed by atoms with Crippen LogP contribution < -0.4 is 5.32 Å². The summed E-state index contributed by atoms with van der Waals surface area (Å²) in [5, 5.41) is 15.8. The van der Waals surface area contributed by atoms with Crippen LogP contribution in [0.2, 0.25) is 0 Å². The molecule has 0 aliphatic rings. The third kappa shape index (κ3) is 4.07. The zero-order chi connectivity index (χ0) is 11.1. The van der Waals surface area contributed by atoms with Crippen molar-refractivity contribution in [3.05, 3.63) is 12.7 Å². The van der Waals surface area contributed by atoms with Crippen molar-refractivity contribution in [3.63, 3.8) is 0 Å². The standard InChI is InChI=1S/C9H16N4O2/c1-2-4-11-8(9(14)15)3-5-13-7-10-6-12-13/h6-8,11H,2-5H2,1H3,(H,14,15). The zero-order valence-electron chi connectivity index (χ0n) is 8.76. The molecule has 0 saturated heterocycles. The molecule has 1 atom stereocenters. The first-order chi connectivity index (χ1) is 7.24. The second-order valence-electron chi connectivity index (χ2n) is 3.29. The highest BCUT2D eigenvalue weighted by Gasteiger charge is 2.15. The highest BCUT2D eigenvalue weighted by Crippen LogP contribution is 1.96. The van der Waals surface area contributed by atoms with Crippen molar-refractivity contribution in [2.24, 2.45) is 0 Å². The molecule has 0 saturated carbocycles. The van der Waals surface area contributed by atoms with Crippen molar-refractivity contribution in [1.29, 1.82) is 0 Å². The molecule has 0 fully saturated rings. The summed E-state index contributed by atoms with van der Waals surface area (Å²) >= 11 is 0. The molecule has 0 aliphatic heterocycles. The van der Waals surface area contributed by atoms with Gasteiger partial charge in [0.25, 0.3) is 0 Å². The number of aliphatic carboxylic acids is 1. The second kappa shape index (κ2) is 6.13. The van der Waals surface area contributed by atoms with E-state index in [1.807, 2.05) is 6.92 Å². The fourth-order valence-corrected chi connectivity index (χ4v) is 1.24. The SMILES string of the molecule is CCCNC(CCn1cncn1)C(=O)O. The normalized spacial score (nSPS) is 12.6. The molecule has 1 unspecified atom stereocenters.